The van der Waals surface area contributed by atoms with E-state index in [0.717, 1.165) is 12.0 Å². The van der Waals surface area contributed by atoms with Crippen LogP contribution in [0.4, 0.5) is 0 Å². The van der Waals surface area contributed by atoms with E-state index in [1.807, 2.05) is 6.08 Å². The molecule has 0 bridgehead atoms. The van der Waals surface area contributed by atoms with E-state index in [-0.39, 0.29) is 12.2 Å². The monoisotopic (exact) mass is 168 g/mol. The first-order valence-corrected chi connectivity index (χ1v) is 4.10. The summed E-state index contributed by atoms with van der Waals surface area (Å²) in [6.45, 7) is 0. The molecular weight excluding hydrogens is 156 g/mol. The Bertz CT molecular complexity index is 228. The molecule has 0 radical (unpaired) electrons. The van der Waals surface area contributed by atoms with Crippen LogP contribution in [0.3, 0.4) is 0 Å². The normalized spacial score (nSPS) is 17.3. The summed E-state index contributed by atoms with van der Waals surface area (Å²) in [4.78, 5) is 21.0. The first-order chi connectivity index (χ1) is 5.68. The van der Waals surface area contributed by atoms with Crippen LogP contribution in [-0.4, -0.2) is 16.9 Å². The molecule has 1 aliphatic rings. The van der Waals surface area contributed by atoms with E-state index in [2.05, 4.69) is 0 Å². The van der Waals surface area contributed by atoms with Crippen molar-refractivity contribution in [2.24, 2.45) is 0 Å². The van der Waals surface area contributed by atoms with E-state index in [1.165, 1.54) is 0 Å². The van der Waals surface area contributed by atoms with Gasteiger partial charge >= 0.3 is 5.97 Å². The summed E-state index contributed by atoms with van der Waals surface area (Å²) in [5.41, 5.74) is 1.12. The third-order valence-electron chi connectivity index (χ3n) is 2.00. The fraction of sp³-hybridized carbons (Fsp3) is 0.556. The van der Waals surface area contributed by atoms with Crippen molar-refractivity contribution in [2.75, 3.05) is 0 Å². The van der Waals surface area contributed by atoms with E-state index < -0.39 is 5.97 Å². The highest BCUT2D eigenvalue weighted by Crippen LogP contribution is 2.18. The molecule has 1 N–H and O–H groups in total. The minimum absolute atomic E-state index is 0.181. The largest absolute Gasteiger partial charge is 0.481 e. The van der Waals surface area contributed by atoms with Crippen molar-refractivity contribution in [1.82, 2.24) is 0 Å². The summed E-state index contributed by atoms with van der Waals surface area (Å²) in [6, 6.07) is 0. The lowest BCUT2D eigenvalue weighted by molar-refractivity contribution is -0.136. The Labute approximate surface area is 71.1 Å². The minimum Gasteiger partial charge on any atom is -0.481 e. The maximum absolute atomic E-state index is 10.8. The lowest BCUT2D eigenvalue weighted by atomic mass is 9.95. The molecule has 0 atom stereocenters. The Morgan fingerprint density at radius 1 is 1.50 bits per heavy atom. The number of allylic oxidation sites excluding steroid dienone is 2. The summed E-state index contributed by atoms with van der Waals surface area (Å²) in [6.07, 6.45) is 4.49. The van der Waals surface area contributed by atoms with Gasteiger partial charge in [0.15, 0.2) is 0 Å². The van der Waals surface area contributed by atoms with Gasteiger partial charge in [-0.2, -0.15) is 0 Å². The van der Waals surface area contributed by atoms with Crippen LogP contribution in [0.15, 0.2) is 11.6 Å². The fourth-order valence-corrected chi connectivity index (χ4v) is 1.26. The van der Waals surface area contributed by atoms with Crippen LogP contribution in [0.25, 0.3) is 0 Å². The van der Waals surface area contributed by atoms with Gasteiger partial charge in [0.25, 0.3) is 0 Å². The maximum atomic E-state index is 10.8. The van der Waals surface area contributed by atoms with Crippen molar-refractivity contribution in [3.63, 3.8) is 0 Å². The second kappa shape index (κ2) is 4.04. The average Bonchev–Trinajstić information content (AvgIpc) is 2.03. The number of ketones is 1. The molecule has 0 heterocycles. The molecule has 12 heavy (non-hydrogen) atoms. The van der Waals surface area contributed by atoms with E-state index >= 15 is 0 Å². The van der Waals surface area contributed by atoms with E-state index in [9.17, 15) is 9.59 Å². The summed E-state index contributed by atoms with van der Waals surface area (Å²) >= 11 is 0. The summed E-state index contributed by atoms with van der Waals surface area (Å²) in [7, 11) is 0. The standard InChI is InChI=1S/C9H12O3/c10-8-4-1-7(2-5-8)3-6-9(11)12/h1H,2-6H2,(H,11,12). The van der Waals surface area contributed by atoms with Gasteiger partial charge < -0.3 is 5.11 Å². The lowest BCUT2D eigenvalue weighted by Crippen LogP contribution is -2.05. The number of Topliss-reactive ketones (excluding diaryl/α,β-unsaturated/α-hetero) is 1. The zero-order valence-corrected chi connectivity index (χ0v) is 6.88. The van der Waals surface area contributed by atoms with Gasteiger partial charge in [0, 0.05) is 19.3 Å². The molecule has 66 valence electrons. The van der Waals surface area contributed by atoms with Gasteiger partial charge in [-0.05, 0) is 12.8 Å². The summed E-state index contributed by atoms with van der Waals surface area (Å²) in [5.74, 6) is -0.512. The summed E-state index contributed by atoms with van der Waals surface area (Å²) in [5, 5.41) is 8.40. The molecule has 3 nitrogen and oxygen atoms in total. The molecule has 0 aromatic carbocycles. The lowest BCUT2D eigenvalue weighted by Gasteiger charge is -2.10. The molecule has 0 unspecified atom stereocenters. The van der Waals surface area contributed by atoms with Gasteiger partial charge in [-0.3, -0.25) is 9.59 Å². The Hall–Kier alpha value is -1.12. The van der Waals surface area contributed by atoms with Crippen molar-refractivity contribution < 1.29 is 14.7 Å². The molecular formula is C9H12O3. The number of hydrogen-bond acceptors (Lipinski definition) is 2. The van der Waals surface area contributed by atoms with Crippen molar-refractivity contribution >= 4 is 11.8 Å². The van der Waals surface area contributed by atoms with Gasteiger partial charge in [-0.1, -0.05) is 11.6 Å². The number of rotatable bonds is 3. The first-order valence-electron chi connectivity index (χ1n) is 4.10. The minimum atomic E-state index is -0.771. The predicted molar refractivity (Wildman–Crippen MR) is 43.8 cm³/mol. The Balaban J connectivity index is 2.33. The SMILES string of the molecule is O=C(O)CCC1=CCC(=O)CC1. The Kier molecular flexibility index (Phi) is 3.02. The van der Waals surface area contributed by atoms with Crippen LogP contribution in [0, 0.1) is 0 Å². The molecule has 0 aromatic rings. The number of carboxylic acids is 1. The molecule has 3 heteroatoms. The van der Waals surface area contributed by atoms with Crippen LogP contribution >= 0.6 is 0 Å². The van der Waals surface area contributed by atoms with Crippen LogP contribution in [-0.2, 0) is 9.59 Å². The second-order valence-corrected chi connectivity index (χ2v) is 3.00. The number of hydrogen-bond donors (Lipinski definition) is 1. The van der Waals surface area contributed by atoms with Gasteiger partial charge in [0.05, 0.1) is 0 Å². The Morgan fingerprint density at radius 2 is 2.25 bits per heavy atom. The highest BCUT2D eigenvalue weighted by molar-refractivity contribution is 5.81. The van der Waals surface area contributed by atoms with Crippen LogP contribution in [0.5, 0.6) is 0 Å². The second-order valence-electron chi connectivity index (χ2n) is 3.00. The van der Waals surface area contributed by atoms with E-state index in [0.29, 0.717) is 19.3 Å². The number of carboxylic acid groups (broad SMARTS) is 1. The first kappa shape index (κ1) is 8.97. The smallest absolute Gasteiger partial charge is 0.303 e. The third-order valence-corrected chi connectivity index (χ3v) is 2.00. The van der Waals surface area contributed by atoms with Crippen molar-refractivity contribution in [3.05, 3.63) is 11.6 Å². The molecule has 0 saturated carbocycles. The van der Waals surface area contributed by atoms with Crippen molar-refractivity contribution in [2.45, 2.75) is 32.1 Å². The molecule has 0 fully saturated rings. The fourth-order valence-electron chi connectivity index (χ4n) is 1.26. The van der Waals surface area contributed by atoms with E-state index in [1.54, 1.807) is 0 Å². The van der Waals surface area contributed by atoms with Crippen molar-refractivity contribution in [3.8, 4) is 0 Å². The number of carbonyl (C=O) groups excluding carboxylic acids is 1. The van der Waals surface area contributed by atoms with Gasteiger partial charge in [0.2, 0.25) is 0 Å². The molecule has 0 amide bonds. The highest BCUT2D eigenvalue weighted by Gasteiger charge is 2.10. The van der Waals surface area contributed by atoms with Crippen molar-refractivity contribution in [1.29, 1.82) is 0 Å². The topological polar surface area (TPSA) is 54.4 Å². The molecule has 1 rings (SSSR count). The van der Waals surface area contributed by atoms with Crippen LogP contribution in [0.2, 0.25) is 0 Å². The van der Waals surface area contributed by atoms with Crippen LogP contribution < -0.4 is 0 Å². The highest BCUT2D eigenvalue weighted by atomic mass is 16.4. The quantitative estimate of drug-likeness (QED) is 0.650. The predicted octanol–water partition coefficient (Wildman–Crippen LogP) is 1.53. The zero-order chi connectivity index (χ0) is 8.97. The molecule has 0 aromatic heterocycles. The van der Waals surface area contributed by atoms with Gasteiger partial charge in [-0.15, -0.1) is 0 Å². The third kappa shape index (κ3) is 2.86. The maximum Gasteiger partial charge on any atom is 0.303 e. The average molecular weight is 168 g/mol. The number of carbonyl (C=O) groups is 2. The summed E-state index contributed by atoms with van der Waals surface area (Å²) < 4.78 is 0. The molecule has 0 aliphatic heterocycles. The molecule has 0 spiro atoms. The Morgan fingerprint density at radius 3 is 2.75 bits per heavy atom. The van der Waals surface area contributed by atoms with Gasteiger partial charge in [-0.25, -0.2) is 0 Å². The molecule has 0 saturated heterocycles. The van der Waals surface area contributed by atoms with Gasteiger partial charge in [0.1, 0.15) is 5.78 Å². The zero-order valence-electron chi connectivity index (χ0n) is 6.88. The van der Waals surface area contributed by atoms with E-state index in [4.69, 9.17) is 5.11 Å². The molecule has 1 aliphatic carbocycles. The van der Waals surface area contributed by atoms with Crippen LogP contribution in [0.1, 0.15) is 32.1 Å². The number of aliphatic carboxylic acids is 1.